The second kappa shape index (κ2) is 12.1. The molecule has 5 nitrogen and oxygen atoms in total. The van der Waals surface area contributed by atoms with Gasteiger partial charge in [-0.05, 0) is 71.8 Å². The quantitative estimate of drug-likeness (QED) is 0.174. The van der Waals surface area contributed by atoms with E-state index in [0.29, 0.717) is 11.5 Å². The summed E-state index contributed by atoms with van der Waals surface area (Å²) in [6.07, 6.45) is 0. The van der Waals surface area contributed by atoms with Crippen LogP contribution in [0.3, 0.4) is 0 Å². The van der Waals surface area contributed by atoms with Gasteiger partial charge in [-0.3, -0.25) is 0 Å². The van der Waals surface area contributed by atoms with E-state index in [4.69, 9.17) is 13.8 Å². The van der Waals surface area contributed by atoms with E-state index in [-0.39, 0.29) is 0 Å². The highest BCUT2D eigenvalue weighted by Gasteiger charge is 2.27. The van der Waals surface area contributed by atoms with Crippen molar-refractivity contribution in [3.63, 3.8) is 0 Å². The SMILES string of the molecule is c1ccc(-c2cccc(N(c3cc4oc(-c5ccccc5)nc4c4c3oc3ccccc34)c3cccc4c3c3ccccc3n4-c3ccccc3)c2)cc1. The molecule has 254 valence electrons. The summed E-state index contributed by atoms with van der Waals surface area (Å²) in [7, 11) is 0. The van der Waals surface area contributed by atoms with Gasteiger partial charge in [0.2, 0.25) is 5.89 Å². The van der Waals surface area contributed by atoms with E-state index in [0.717, 1.165) is 88.7 Å². The Labute approximate surface area is 310 Å². The predicted octanol–water partition coefficient (Wildman–Crippen LogP) is 13.6. The fourth-order valence-corrected chi connectivity index (χ4v) is 8.03. The summed E-state index contributed by atoms with van der Waals surface area (Å²) in [4.78, 5) is 7.45. The molecule has 0 saturated heterocycles. The van der Waals surface area contributed by atoms with Crippen LogP contribution in [0.2, 0.25) is 0 Å². The number of oxazole rings is 1. The Kier molecular flexibility index (Phi) is 6.79. The first-order valence-electron chi connectivity index (χ1n) is 18.1. The summed E-state index contributed by atoms with van der Waals surface area (Å²) in [5.74, 6) is 0.569. The fraction of sp³-hybridized carbons (Fsp3) is 0. The Morgan fingerprint density at radius 1 is 0.444 bits per heavy atom. The Morgan fingerprint density at radius 3 is 1.91 bits per heavy atom. The Hall–Kier alpha value is -7.37. The lowest BCUT2D eigenvalue weighted by atomic mass is 10.0. The molecule has 0 N–H and O–H groups in total. The third kappa shape index (κ3) is 4.69. The van der Waals surface area contributed by atoms with Gasteiger partial charge in [-0.15, -0.1) is 0 Å². The van der Waals surface area contributed by atoms with E-state index in [1.807, 2.05) is 48.5 Å². The van der Waals surface area contributed by atoms with Crippen molar-refractivity contribution < 1.29 is 8.83 Å². The summed E-state index contributed by atoms with van der Waals surface area (Å²) in [6, 6.07) is 65.5. The van der Waals surface area contributed by atoms with Crippen molar-refractivity contribution in [1.29, 1.82) is 0 Å². The fourth-order valence-electron chi connectivity index (χ4n) is 8.03. The van der Waals surface area contributed by atoms with Crippen LogP contribution in [-0.4, -0.2) is 9.55 Å². The minimum Gasteiger partial charge on any atom is -0.454 e. The average Bonchev–Trinajstić information content (AvgIpc) is 3.94. The average molecular weight is 694 g/mol. The second-order valence-corrected chi connectivity index (χ2v) is 13.5. The third-order valence-corrected chi connectivity index (χ3v) is 10.4. The minimum atomic E-state index is 0.569. The first-order valence-corrected chi connectivity index (χ1v) is 18.1. The number of benzene rings is 8. The molecule has 3 heterocycles. The summed E-state index contributed by atoms with van der Waals surface area (Å²) in [5.41, 5.74) is 12.4. The number of nitrogens with zero attached hydrogens (tertiary/aromatic N) is 3. The topological polar surface area (TPSA) is 47.3 Å². The zero-order chi connectivity index (χ0) is 35.6. The number of furan rings is 1. The first kappa shape index (κ1) is 30.3. The van der Waals surface area contributed by atoms with Gasteiger partial charge in [0.25, 0.3) is 0 Å². The molecule has 0 radical (unpaired) electrons. The van der Waals surface area contributed by atoms with Crippen molar-refractivity contribution in [2.24, 2.45) is 0 Å². The maximum Gasteiger partial charge on any atom is 0.227 e. The van der Waals surface area contributed by atoms with Crippen LogP contribution in [-0.2, 0) is 0 Å². The van der Waals surface area contributed by atoms with Gasteiger partial charge in [-0.25, -0.2) is 4.98 Å². The lowest BCUT2D eigenvalue weighted by molar-refractivity contribution is 0.619. The molecular formula is C49H31N3O2. The molecular weight excluding hydrogens is 663 g/mol. The highest BCUT2D eigenvalue weighted by atomic mass is 16.4. The lowest BCUT2D eigenvalue weighted by Crippen LogP contribution is -2.11. The molecule has 54 heavy (non-hydrogen) atoms. The van der Waals surface area contributed by atoms with E-state index in [1.165, 1.54) is 0 Å². The minimum absolute atomic E-state index is 0.569. The van der Waals surface area contributed by atoms with Crippen molar-refractivity contribution in [2.75, 3.05) is 4.90 Å². The van der Waals surface area contributed by atoms with Crippen LogP contribution in [0.25, 0.3) is 83.1 Å². The molecule has 0 fully saturated rings. The number of hydrogen-bond donors (Lipinski definition) is 0. The Bertz CT molecular complexity index is 3160. The molecule has 8 aromatic carbocycles. The first-order chi connectivity index (χ1) is 26.8. The number of hydrogen-bond acceptors (Lipinski definition) is 4. The van der Waals surface area contributed by atoms with E-state index < -0.39 is 0 Å². The molecule has 0 aliphatic heterocycles. The normalized spacial score (nSPS) is 11.7. The largest absolute Gasteiger partial charge is 0.454 e. The van der Waals surface area contributed by atoms with Gasteiger partial charge < -0.3 is 18.3 Å². The molecule has 0 saturated carbocycles. The van der Waals surface area contributed by atoms with Crippen molar-refractivity contribution in [3.8, 4) is 28.3 Å². The van der Waals surface area contributed by atoms with Crippen LogP contribution >= 0.6 is 0 Å². The number of para-hydroxylation sites is 3. The lowest BCUT2D eigenvalue weighted by Gasteiger charge is -2.27. The molecule has 0 amide bonds. The summed E-state index contributed by atoms with van der Waals surface area (Å²) < 4.78 is 15.9. The number of aromatic nitrogens is 2. The van der Waals surface area contributed by atoms with Gasteiger partial charge in [0.15, 0.2) is 11.2 Å². The van der Waals surface area contributed by atoms with Crippen molar-refractivity contribution >= 4 is 71.9 Å². The molecule has 0 unspecified atom stereocenters. The Morgan fingerprint density at radius 2 is 1.09 bits per heavy atom. The molecule has 0 aliphatic rings. The van der Waals surface area contributed by atoms with Crippen LogP contribution in [0.4, 0.5) is 17.1 Å². The molecule has 0 atom stereocenters. The molecule has 11 rings (SSSR count). The van der Waals surface area contributed by atoms with Gasteiger partial charge in [-0.2, -0.15) is 0 Å². The van der Waals surface area contributed by atoms with Crippen molar-refractivity contribution in [1.82, 2.24) is 9.55 Å². The van der Waals surface area contributed by atoms with Gasteiger partial charge in [0, 0.05) is 39.2 Å². The van der Waals surface area contributed by atoms with E-state index in [1.54, 1.807) is 0 Å². The maximum absolute atomic E-state index is 6.89. The molecule has 0 aliphatic carbocycles. The number of rotatable bonds is 6. The number of fused-ring (bicyclic) bond motifs is 8. The van der Waals surface area contributed by atoms with Crippen LogP contribution < -0.4 is 4.90 Å². The zero-order valence-corrected chi connectivity index (χ0v) is 29.1. The monoisotopic (exact) mass is 693 g/mol. The van der Waals surface area contributed by atoms with Crippen LogP contribution in [0.15, 0.2) is 197 Å². The van der Waals surface area contributed by atoms with Crippen molar-refractivity contribution in [3.05, 3.63) is 188 Å². The highest BCUT2D eigenvalue weighted by Crippen LogP contribution is 2.49. The van der Waals surface area contributed by atoms with E-state index >= 15 is 0 Å². The molecule has 11 aromatic rings. The molecule has 3 aromatic heterocycles. The summed E-state index contributed by atoms with van der Waals surface area (Å²) >= 11 is 0. The van der Waals surface area contributed by atoms with Crippen LogP contribution in [0.1, 0.15) is 0 Å². The van der Waals surface area contributed by atoms with Gasteiger partial charge in [0.1, 0.15) is 11.1 Å². The molecule has 5 heteroatoms. The van der Waals surface area contributed by atoms with Gasteiger partial charge in [0.05, 0.1) is 27.8 Å². The molecule has 0 spiro atoms. The van der Waals surface area contributed by atoms with Gasteiger partial charge in [-0.1, -0.05) is 121 Å². The third-order valence-electron chi connectivity index (χ3n) is 10.4. The number of anilines is 3. The summed E-state index contributed by atoms with van der Waals surface area (Å²) in [5, 5.41) is 4.20. The van der Waals surface area contributed by atoms with E-state index in [9.17, 15) is 0 Å². The molecule has 0 bridgehead atoms. The van der Waals surface area contributed by atoms with Crippen molar-refractivity contribution in [2.45, 2.75) is 0 Å². The van der Waals surface area contributed by atoms with Gasteiger partial charge >= 0.3 is 0 Å². The zero-order valence-electron chi connectivity index (χ0n) is 29.1. The van der Waals surface area contributed by atoms with E-state index in [2.05, 4.69) is 149 Å². The Balaban J connectivity index is 1.27. The highest BCUT2D eigenvalue weighted by molar-refractivity contribution is 6.23. The predicted molar refractivity (Wildman–Crippen MR) is 221 cm³/mol. The standard InChI is InChI=1S/C49H31N3O2/c1-4-16-32(17-5-1)34-20-14-23-36(30-34)52(41-28-15-27-40-45(41)37-24-10-12-26-39(37)51(40)35-21-8-3-9-22-35)42-31-44-47(50-49(54-44)33-18-6-2-7-19-33)46-38-25-11-13-29-43(38)53-48(42)46/h1-31H. The maximum atomic E-state index is 6.89. The smallest absolute Gasteiger partial charge is 0.227 e. The van der Waals surface area contributed by atoms with Crippen LogP contribution in [0, 0.1) is 0 Å². The summed E-state index contributed by atoms with van der Waals surface area (Å²) in [6.45, 7) is 0. The van der Waals surface area contributed by atoms with Crippen LogP contribution in [0.5, 0.6) is 0 Å². The second-order valence-electron chi connectivity index (χ2n) is 13.5.